The number of ether oxygens (including phenoxy) is 2. The molecular weight excluding hydrogens is 572 g/mol. The molecule has 11 heteroatoms. The molecule has 2 aromatic rings. The summed E-state index contributed by atoms with van der Waals surface area (Å²) in [7, 11) is 0. The van der Waals surface area contributed by atoms with Gasteiger partial charge in [0.1, 0.15) is 30.0 Å². The van der Waals surface area contributed by atoms with Gasteiger partial charge in [-0.25, -0.2) is 9.59 Å². The average molecular weight is 613 g/mol. The highest BCUT2D eigenvalue weighted by atomic mass is 16.6. The van der Waals surface area contributed by atoms with Gasteiger partial charge >= 0.3 is 11.9 Å². The minimum atomic E-state index is -2.93. The van der Waals surface area contributed by atoms with E-state index < -0.39 is 83.1 Å². The molecule has 0 heterocycles. The molecule has 11 atom stereocenters. The first-order valence-corrected chi connectivity index (χ1v) is 14.7. The van der Waals surface area contributed by atoms with Crippen LogP contribution in [0.1, 0.15) is 53.8 Å². The lowest BCUT2D eigenvalue weighted by molar-refractivity contribution is -0.251. The molecule has 0 bridgehead atoms. The Balaban J connectivity index is 1.65. The highest BCUT2D eigenvalue weighted by Gasteiger charge is 2.77. The van der Waals surface area contributed by atoms with Crippen LogP contribution in [0.5, 0.6) is 0 Å². The van der Waals surface area contributed by atoms with Gasteiger partial charge in [-0.15, -0.1) is 0 Å². The Hall–Kier alpha value is -3.16. The zero-order valence-electron chi connectivity index (χ0n) is 24.6. The van der Waals surface area contributed by atoms with Crippen LogP contribution >= 0.6 is 0 Å². The van der Waals surface area contributed by atoms with E-state index in [1.54, 1.807) is 43.3 Å². The molecule has 3 aliphatic carbocycles. The lowest BCUT2D eigenvalue weighted by Gasteiger charge is -2.55. The number of carbonyl (C=O) groups is 2. The van der Waals surface area contributed by atoms with Crippen LogP contribution in [0.15, 0.2) is 72.8 Å². The van der Waals surface area contributed by atoms with Gasteiger partial charge in [-0.2, -0.15) is 0 Å². The van der Waals surface area contributed by atoms with E-state index in [0.29, 0.717) is 0 Å². The summed E-state index contributed by atoms with van der Waals surface area (Å²) in [6.07, 6.45) is -8.67. The van der Waals surface area contributed by atoms with E-state index in [1.165, 1.54) is 31.2 Å². The molecule has 2 aromatic carbocycles. The molecular formula is C33H40O11. The molecule has 3 aliphatic rings. The minimum absolute atomic E-state index is 0.0564. The molecule has 0 aromatic heterocycles. The first-order chi connectivity index (χ1) is 20.6. The fraction of sp³-hybridized carbons (Fsp3) is 0.515. The van der Waals surface area contributed by atoms with Crippen molar-refractivity contribution < 1.29 is 54.8 Å². The number of hydrogen-bond donors (Lipinski definition) is 7. The summed E-state index contributed by atoms with van der Waals surface area (Å²) in [6, 6.07) is 15.5. The molecule has 0 amide bonds. The average Bonchev–Trinajstić information content (AvgIpc) is 3.24. The Morgan fingerprint density at radius 2 is 1.41 bits per heavy atom. The van der Waals surface area contributed by atoms with Crippen LogP contribution < -0.4 is 0 Å². The maximum atomic E-state index is 13.4. The van der Waals surface area contributed by atoms with Crippen molar-refractivity contribution in [2.24, 2.45) is 17.8 Å². The highest BCUT2D eigenvalue weighted by molar-refractivity contribution is 5.90. The monoisotopic (exact) mass is 612 g/mol. The van der Waals surface area contributed by atoms with Crippen molar-refractivity contribution in [3.8, 4) is 0 Å². The number of carbonyl (C=O) groups excluding carboxylic acids is 2. The van der Waals surface area contributed by atoms with E-state index in [1.807, 2.05) is 0 Å². The molecule has 3 fully saturated rings. The van der Waals surface area contributed by atoms with Crippen molar-refractivity contribution in [1.82, 2.24) is 0 Å². The Morgan fingerprint density at radius 1 is 0.864 bits per heavy atom. The Bertz CT molecular complexity index is 1400. The maximum absolute atomic E-state index is 13.4. The lowest BCUT2D eigenvalue weighted by atomic mass is 9.57. The van der Waals surface area contributed by atoms with Gasteiger partial charge in [0.2, 0.25) is 0 Å². The van der Waals surface area contributed by atoms with E-state index in [9.17, 15) is 45.3 Å². The van der Waals surface area contributed by atoms with Crippen molar-refractivity contribution in [2.75, 3.05) is 6.61 Å². The van der Waals surface area contributed by atoms with Crippen molar-refractivity contribution in [3.05, 3.63) is 83.9 Å². The zero-order chi connectivity index (χ0) is 32.2. The Morgan fingerprint density at radius 3 is 1.95 bits per heavy atom. The first kappa shape index (κ1) is 32.2. The summed E-state index contributed by atoms with van der Waals surface area (Å²) in [5.74, 6) is -5.66. The van der Waals surface area contributed by atoms with Gasteiger partial charge in [0, 0.05) is 5.92 Å². The summed E-state index contributed by atoms with van der Waals surface area (Å²) in [5, 5.41) is 83.6. The van der Waals surface area contributed by atoms with E-state index in [4.69, 9.17) is 9.47 Å². The fourth-order valence-electron chi connectivity index (χ4n) is 7.67. The highest BCUT2D eigenvalue weighted by Crippen LogP contribution is 2.61. The van der Waals surface area contributed by atoms with Gasteiger partial charge in [-0.3, -0.25) is 0 Å². The number of aliphatic hydroxyl groups is 7. The SMILES string of the molecule is C=C(C)[C@]1(O)CC[C@@]2(O)C([C@H]1OC(=O)c1ccccc1)[C@H](O)[C@@](O)(COC(=O)c1ccccc1)[C@@H](O)[C@@]1(O)C2C[C@H](C)[C@@H]1O. The van der Waals surface area contributed by atoms with E-state index in [-0.39, 0.29) is 36.0 Å². The third-order valence-electron chi connectivity index (χ3n) is 10.3. The molecule has 3 saturated carbocycles. The predicted molar refractivity (Wildman–Crippen MR) is 155 cm³/mol. The van der Waals surface area contributed by atoms with E-state index in [2.05, 4.69) is 6.58 Å². The van der Waals surface area contributed by atoms with Crippen molar-refractivity contribution in [3.63, 3.8) is 0 Å². The molecule has 0 aliphatic heterocycles. The largest absolute Gasteiger partial charge is 0.459 e. The normalized spacial score (nSPS) is 41.5. The molecule has 0 spiro atoms. The summed E-state index contributed by atoms with van der Waals surface area (Å²) >= 11 is 0. The first-order valence-electron chi connectivity index (χ1n) is 14.7. The van der Waals surface area contributed by atoms with E-state index >= 15 is 0 Å². The predicted octanol–water partition coefficient (Wildman–Crippen LogP) is 0.732. The van der Waals surface area contributed by atoms with E-state index in [0.717, 1.165) is 0 Å². The molecule has 5 rings (SSSR count). The smallest absolute Gasteiger partial charge is 0.338 e. The molecule has 44 heavy (non-hydrogen) atoms. The minimum Gasteiger partial charge on any atom is -0.459 e. The molecule has 0 radical (unpaired) electrons. The van der Waals surface area contributed by atoms with Gasteiger partial charge in [0.25, 0.3) is 0 Å². The molecule has 0 saturated heterocycles. The molecule has 2 unspecified atom stereocenters. The number of rotatable bonds is 6. The standard InChI is InChI=1S/C33H40O11/c1-18(2)30(39)14-15-31(40)22-16-19(3)24(34)33(22,42)29(38)32(41,17-43-27(36)20-10-6-4-7-11-20)25(35)23(31)26(30)44-28(37)21-12-8-5-9-13-21/h4-13,19,22-26,29,34-35,38-42H,1,14-17H2,2-3H3/t19-,22?,23?,24-,25-,26+,29+,30+,31-,32-,33+/m0/s1. The van der Waals surface area contributed by atoms with Gasteiger partial charge in [-0.05, 0) is 61.9 Å². The van der Waals surface area contributed by atoms with Crippen LogP contribution in [0.3, 0.4) is 0 Å². The summed E-state index contributed by atoms with van der Waals surface area (Å²) < 4.78 is 11.2. The van der Waals surface area contributed by atoms with Crippen molar-refractivity contribution in [2.45, 2.75) is 79.9 Å². The number of hydrogen-bond acceptors (Lipinski definition) is 11. The van der Waals surface area contributed by atoms with Gasteiger partial charge in [0.15, 0.2) is 5.60 Å². The number of esters is 2. The lowest BCUT2D eigenvalue weighted by Crippen LogP contribution is -2.69. The topological polar surface area (TPSA) is 194 Å². The second kappa shape index (κ2) is 11.3. The van der Waals surface area contributed by atoms with Crippen molar-refractivity contribution >= 4 is 11.9 Å². The maximum Gasteiger partial charge on any atom is 0.338 e. The van der Waals surface area contributed by atoms with Crippen molar-refractivity contribution in [1.29, 1.82) is 0 Å². The number of aliphatic hydroxyl groups excluding tert-OH is 3. The molecule has 7 N–H and O–H groups in total. The molecule has 238 valence electrons. The van der Waals surface area contributed by atoms with Crippen LogP contribution in [0, 0.1) is 17.8 Å². The number of benzene rings is 2. The second-order valence-corrected chi connectivity index (χ2v) is 12.8. The Labute approximate surface area is 255 Å². The number of fused-ring (bicyclic) bond motifs is 3. The quantitative estimate of drug-likeness (QED) is 0.180. The Kier molecular flexibility index (Phi) is 8.30. The summed E-state index contributed by atoms with van der Waals surface area (Å²) in [5.41, 5.74) is -9.44. The van der Waals surface area contributed by atoms with Gasteiger partial charge < -0.3 is 45.2 Å². The van der Waals surface area contributed by atoms with Crippen LogP contribution in [-0.2, 0) is 9.47 Å². The summed E-state index contributed by atoms with van der Waals surface area (Å²) in [4.78, 5) is 26.3. The van der Waals surface area contributed by atoms with Crippen LogP contribution in [-0.4, -0.2) is 101 Å². The second-order valence-electron chi connectivity index (χ2n) is 12.8. The van der Waals surface area contributed by atoms with Crippen LogP contribution in [0.25, 0.3) is 0 Å². The zero-order valence-corrected chi connectivity index (χ0v) is 24.6. The third-order valence-corrected chi connectivity index (χ3v) is 10.3. The summed E-state index contributed by atoms with van der Waals surface area (Å²) in [6.45, 7) is 5.85. The van der Waals surface area contributed by atoms with Gasteiger partial charge in [0.05, 0.1) is 34.9 Å². The van der Waals surface area contributed by atoms with Crippen LogP contribution in [0.2, 0.25) is 0 Å². The van der Waals surface area contributed by atoms with Gasteiger partial charge in [-0.1, -0.05) is 49.9 Å². The molecule has 11 nitrogen and oxygen atoms in total. The third kappa shape index (κ3) is 4.78. The fourth-order valence-corrected chi connectivity index (χ4v) is 7.67. The van der Waals surface area contributed by atoms with Crippen LogP contribution in [0.4, 0.5) is 0 Å².